The summed E-state index contributed by atoms with van der Waals surface area (Å²) < 4.78 is 52.5. The van der Waals surface area contributed by atoms with Crippen molar-refractivity contribution in [3.63, 3.8) is 0 Å². The molecule has 226 valence electrons. The lowest BCUT2D eigenvalue weighted by Crippen LogP contribution is -2.52. The summed E-state index contributed by atoms with van der Waals surface area (Å²) in [7, 11) is 1.67. The summed E-state index contributed by atoms with van der Waals surface area (Å²) in [5.74, 6) is 0. The van der Waals surface area contributed by atoms with Gasteiger partial charge >= 0.3 is 0 Å². The summed E-state index contributed by atoms with van der Waals surface area (Å²) in [5.41, 5.74) is -0.446. The van der Waals surface area contributed by atoms with Gasteiger partial charge in [0.05, 0.1) is 69.2 Å². The van der Waals surface area contributed by atoms with Crippen molar-refractivity contribution in [2.45, 2.75) is 155 Å². The van der Waals surface area contributed by atoms with Gasteiger partial charge in [-0.1, -0.05) is 0 Å². The van der Waals surface area contributed by atoms with Crippen LogP contribution in [0.5, 0.6) is 0 Å². The molecule has 0 spiro atoms. The minimum atomic E-state index is -0.446. The molecule has 0 radical (unpaired) electrons. The van der Waals surface area contributed by atoms with Crippen LogP contribution in [0.3, 0.4) is 0 Å². The Morgan fingerprint density at radius 1 is 0.711 bits per heavy atom. The second-order valence-corrected chi connectivity index (χ2v) is 11.7. The minimum absolute atomic E-state index is 0.00336. The van der Waals surface area contributed by atoms with Gasteiger partial charge in [-0.2, -0.15) is 0 Å². The van der Waals surface area contributed by atoms with Crippen LogP contribution in [0, 0.1) is 0 Å². The zero-order valence-corrected chi connectivity index (χ0v) is 25.9. The van der Waals surface area contributed by atoms with Crippen molar-refractivity contribution in [3.8, 4) is 0 Å². The van der Waals surface area contributed by atoms with Crippen molar-refractivity contribution < 1.29 is 42.6 Å². The predicted molar refractivity (Wildman–Crippen MR) is 146 cm³/mol. The van der Waals surface area contributed by atoms with Crippen molar-refractivity contribution in [2.24, 2.45) is 0 Å². The van der Waals surface area contributed by atoms with E-state index in [2.05, 4.69) is 0 Å². The van der Waals surface area contributed by atoms with Crippen molar-refractivity contribution in [3.05, 3.63) is 0 Å². The van der Waals surface area contributed by atoms with E-state index in [1.807, 2.05) is 76.2 Å². The maximum absolute atomic E-state index is 6.15. The number of fused-ring (bicyclic) bond motifs is 2. The molecule has 3 saturated heterocycles. The molecular weight excluding hydrogens is 492 g/mol. The van der Waals surface area contributed by atoms with Crippen LogP contribution in [0.2, 0.25) is 0 Å². The maximum Gasteiger partial charge on any atom is 0.146 e. The van der Waals surface area contributed by atoms with Gasteiger partial charge in [0, 0.05) is 7.11 Å². The molecule has 9 atom stereocenters. The first-order valence-corrected chi connectivity index (χ1v) is 14.5. The lowest BCUT2D eigenvalue weighted by atomic mass is 9.93. The Hall–Kier alpha value is -0.360. The third-order valence-corrected chi connectivity index (χ3v) is 6.92. The first-order chi connectivity index (χ1) is 17.8. The molecule has 0 aromatic carbocycles. The van der Waals surface area contributed by atoms with E-state index in [-0.39, 0.29) is 73.2 Å². The molecule has 3 heterocycles. The molecular formula is C29H56O9. The molecule has 0 aliphatic carbocycles. The Balaban J connectivity index is 0.000000268. The fourth-order valence-corrected chi connectivity index (χ4v) is 5.19. The zero-order valence-electron chi connectivity index (χ0n) is 25.9. The Labute approximate surface area is 231 Å². The normalized spacial score (nSPS) is 36.6. The van der Waals surface area contributed by atoms with E-state index in [1.54, 1.807) is 7.11 Å². The SMILES string of the molecule is CC(C)OC[C@]12O[C@@H](C)C(O[C@H]1C)[C@@H]2OC(C)C.COCCO[C@@H]1[C@H](OC(C)C)[C@@H](COC(C)C)O[C@H]1C. The molecule has 0 N–H and O–H groups in total. The van der Waals surface area contributed by atoms with Gasteiger partial charge in [-0.05, 0) is 76.2 Å². The highest BCUT2D eigenvalue weighted by atomic mass is 16.7. The maximum atomic E-state index is 6.15. The average molecular weight is 549 g/mol. The van der Waals surface area contributed by atoms with E-state index >= 15 is 0 Å². The number of rotatable bonds is 14. The van der Waals surface area contributed by atoms with Crippen LogP contribution in [0.1, 0.15) is 76.2 Å². The Kier molecular flexibility index (Phi) is 13.9. The van der Waals surface area contributed by atoms with Crippen LogP contribution < -0.4 is 0 Å². The number of hydrogen-bond donors (Lipinski definition) is 0. The minimum Gasteiger partial charge on any atom is -0.382 e. The van der Waals surface area contributed by atoms with Crippen LogP contribution in [-0.2, 0) is 42.6 Å². The van der Waals surface area contributed by atoms with Gasteiger partial charge in [0.15, 0.2) is 0 Å². The van der Waals surface area contributed by atoms with Gasteiger partial charge in [0.1, 0.15) is 36.1 Å². The van der Waals surface area contributed by atoms with E-state index in [0.717, 1.165) is 0 Å². The molecule has 0 aromatic rings. The molecule has 9 heteroatoms. The van der Waals surface area contributed by atoms with Gasteiger partial charge in [0.25, 0.3) is 0 Å². The van der Waals surface area contributed by atoms with Gasteiger partial charge in [-0.3, -0.25) is 0 Å². The van der Waals surface area contributed by atoms with Crippen molar-refractivity contribution in [1.29, 1.82) is 0 Å². The van der Waals surface area contributed by atoms with Gasteiger partial charge in [-0.25, -0.2) is 0 Å². The van der Waals surface area contributed by atoms with Crippen LogP contribution in [0.4, 0.5) is 0 Å². The highest BCUT2D eigenvalue weighted by Gasteiger charge is 2.65. The molecule has 3 aliphatic rings. The van der Waals surface area contributed by atoms with Crippen molar-refractivity contribution >= 4 is 0 Å². The second kappa shape index (κ2) is 15.6. The molecule has 2 bridgehead atoms. The molecule has 38 heavy (non-hydrogen) atoms. The quantitative estimate of drug-likeness (QED) is 0.297. The first kappa shape index (κ1) is 33.8. The van der Waals surface area contributed by atoms with E-state index < -0.39 is 5.60 Å². The van der Waals surface area contributed by atoms with E-state index in [1.165, 1.54) is 0 Å². The largest absolute Gasteiger partial charge is 0.382 e. The Bertz CT molecular complexity index is 658. The lowest BCUT2D eigenvalue weighted by Gasteiger charge is -2.36. The lowest BCUT2D eigenvalue weighted by molar-refractivity contribution is -0.204. The molecule has 3 rings (SSSR count). The number of hydrogen-bond acceptors (Lipinski definition) is 9. The standard InChI is InChI=1S/C15H30O5.C14H26O4/c1-10(2)18-9-13-15(19-11(3)4)14(12(5)20-13)17-8-7-16-6;1-8(2)15-7-14-11(6)17-12(10(5)18-14)13(14)16-9(3)4/h10-15H,7-9H2,1-6H3;8-13H,7H2,1-6H3/t12-,13+,14-,15+;10-,11-,12?,13-,14-/m00/s1. The van der Waals surface area contributed by atoms with E-state index in [0.29, 0.717) is 26.4 Å². The van der Waals surface area contributed by atoms with Crippen molar-refractivity contribution in [1.82, 2.24) is 0 Å². The van der Waals surface area contributed by atoms with E-state index in [9.17, 15) is 0 Å². The fourth-order valence-electron chi connectivity index (χ4n) is 5.19. The molecule has 3 aliphatic heterocycles. The molecule has 1 unspecified atom stereocenters. The third-order valence-electron chi connectivity index (χ3n) is 6.92. The highest BCUT2D eigenvalue weighted by molar-refractivity contribution is 5.12. The number of methoxy groups -OCH3 is 1. The van der Waals surface area contributed by atoms with Gasteiger partial charge < -0.3 is 42.6 Å². The van der Waals surface area contributed by atoms with Crippen LogP contribution in [0.25, 0.3) is 0 Å². The summed E-state index contributed by atoms with van der Waals surface area (Å²) in [6.07, 6.45) is 0.489. The summed E-state index contributed by atoms with van der Waals surface area (Å²) in [5, 5.41) is 0. The molecule has 0 saturated carbocycles. The zero-order chi connectivity index (χ0) is 28.6. The summed E-state index contributed by atoms with van der Waals surface area (Å²) in [6.45, 7) is 24.5. The van der Waals surface area contributed by atoms with Crippen LogP contribution >= 0.6 is 0 Å². The molecule has 9 nitrogen and oxygen atoms in total. The Morgan fingerprint density at radius 2 is 1.34 bits per heavy atom. The smallest absolute Gasteiger partial charge is 0.146 e. The van der Waals surface area contributed by atoms with Crippen LogP contribution in [0.15, 0.2) is 0 Å². The fraction of sp³-hybridized carbons (Fsp3) is 1.00. The second-order valence-electron chi connectivity index (χ2n) is 11.7. The predicted octanol–water partition coefficient (Wildman–Crippen LogP) is 4.17. The molecule has 0 aromatic heterocycles. The van der Waals surface area contributed by atoms with Gasteiger partial charge in [-0.15, -0.1) is 0 Å². The first-order valence-electron chi connectivity index (χ1n) is 14.5. The summed E-state index contributed by atoms with van der Waals surface area (Å²) in [4.78, 5) is 0. The summed E-state index contributed by atoms with van der Waals surface area (Å²) >= 11 is 0. The van der Waals surface area contributed by atoms with Gasteiger partial charge in [0.2, 0.25) is 0 Å². The highest BCUT2D eigenvalue weighted by Crippen LogP contribution is 2.46. The van der Waals surface area contributed by atoms with Crippen molar-refractivity contribution in [2.75, 3.05) is 33.5 Å². The van der Waals surface area contributed by atoms with Crippen LogP contribution in [-0.4, -0.2) is 112 Å². The molecule has 0 amide bonds. The monoisotopic (exact) mass is 548 g/mol. The van der Waals surface area contributed by atoms with E-state index in [4.69, 9.17) is 42.6 Å². The average Bonchev–Trinajstić information content (AvgIpc) is 3.35. The molecule has 3 fully saturated rings. The number of ether oxygens (including phenoxy) is 9. The topological polar surface area (TPSA) is 83.1 Å². The third kappa shape index (κ3) is 9.08. The summed E-state index contributed by atoms with van der Waals surface area (Å²) in [6, 6.07) is 0. The Morgan fingerprint density at radius 3 is 1.89 bits per heavy atom.